The van der Waals surface area contributed by atoms with Crippen LogP contribution < -0.4 is 5.73 Å². The molecule has 0 aliphatic heterocycles. The average molecular weight is 272 g/mol. The van der Waals surface area contributed by atoms with Crippen LogP contribution in [0.1, 0.15) is 55.4 Å². The molecule has 1 atom stereocenters. The van der Waals surface area contributed by atoms with Gasteiger partial charge in [-0.1, -0.05) is 54.5 Å². The van der Waals surface area contributed by atoms with E-state index in [4.69, 9.17) is 10.2 Å². The minimum Gasteiger partial charge on any atom is -0.546 e. The highest BCUT2D eigenvalue weighted by Crippen LogP contribution is 2.44. The molecule has 0 fully saturated rings. The highest BCUT2D eigenvalue weighted by Gasteiger charge is 2.47. The van der Waals surface area contributed by atoms with Gasteiger partial charge in [-0.2, -0.15) is 0 Å². The summed E-state index contributed by atoms with van der Waals surface area (Å²) in [4.78, 5) is 0. The van der Waals surface area contributed by atoms with Crippen molar-refractivity contribution in [2.75, 3.05) is 6.54 Å². The van der Waals surface area contributed by atoms with Crippen molar-refractivity contribution >= 4 is 8.32 Å². The molecule has 3 heteroatoms. The van der Waals surface area contributed by atoms with Gasteiger partial charge in [-0.05, 0) is 23.5 Å². The van der Waals surface area contributed by atoms with Crippen molar-refractivity contribution in [3.05, 3.63) is 11.8 Å². The van der Waals surface area contributed by atoms with Crippen LogP contribution in [-0.2, 0) is 4.43 Å². The Kier molecular flexibility index (Phi) is 7.23. The van der Waals surface area contributed by atoms with Crippen molar-refractivity contribution in [3.8, 4) is 0 Å². The zero-order valence-electron chi connectivity index (χ0n) is 13.6. The smallest absolute Gasteiger partial charge is 0.258 e. The standard InChI is InChI=1S/C15H33NOSi/c1-9-15(14(8)10-16)17-18(11(2)3,12(4)5)13(6)7/h9,11-14H,10,16H2,1-8H3/b15-9+. The first-order valence-corrected chi connectivity index (χ1v) is 9.43. The Bertz CT molecular complexity index is 250. The van der Waals surface area contributed by atoms with E-state index in [1.54, 1.807) is 0 Å². The maximum absolute atomic E-state index is 6.64. The van der Waals surface area contributed by atoms with E-state index in [0.717, 1.165) is 5.76 Å². The second-order valence-corrected chi connectivity index (χ2v) is 11.6. The molecule has 0 aromatic rings. The molecule has 0 aliphatic rings. The van der Waals surface area contributed by atoms with E-state index in [1.165, 1.54) is 0 Å². The number of rotatable bonds is 7. The molecule has 0 amide bonds. The molecule has 0 bridgehead atoms. The molecule has 0 aromatic heterocycles. The van der Waals surface area contributed by atoms with Crippen LogP contribution >= 0.6 is 0 Å². The molecule has 0 radical (unpaired) electrons. The molecular weight excluding hydrogens is 238 g/mol. The zero-order chi connectivity index (χ0) is 14.5. The van der Waals surface area contributed by atoms with Crippen LogP contribution in [0.4, 0.5) is 0 Å². The summed E-state index contributed by atoms with van der Waals surface area (Å²) >= 11 is 0. The van der Waals surface area contributed by atoms with E-state index in [1.807, 2.05) is 0 Å². The van der Waals surface area contributed by atoms with Gasteiger partial charge >= 0.3 is 0 Å². The maximum Gasteiger partial charge on any atom is 0.258 e. The van der Waals surface area contributed by atoms with Crippen LogP contribution in [0, 0.1) is 5.92 Å². The van der Waals surface area contributed by atoms with Gasteiger partial charge in [0.2, 0.25) is 0 Å². The highest BCUT2D eigenvalue weighted by molar-refractivity contribution is 6.77. The fourth-order valence-corrected chi connectivity index (χ4v) is 8.55. The van der Waals surface area contributed by atoms with Gasteiger partial charge in [0.25, 0.3) is 8.32 Å². The van der Waals surface area contributed by atoms with Gasteiger partial charge < -0.3 is 10.2 Å². The van der Waals surface area contributed by atoms with E-state index < -0.39 is 8.32 Å². The molecule has 0 saturated carbocycles. The summed E-state index contributed by atoms with van der Waals surface area (Å²) in [5, 5.41) is 0. The molecule has 18 heavy (non-hydrogen) atoms. The molecule has 0 aromatic carbocycles. The molecule has 2 N–H and O–H groups in total. The third-order valence-electron chi connectivity index (χ3n) is 4.13. The molecule has 0 aliphatic carbocycles. The molecule has 0 spiro atoms. The minimum atomic E-state index is -1.81. The van der Waals surface area contributed by atoms with Gasteiger partial charge in [0, 0.05) is 12.5 Å². The SMILES string of the molecule is C/C=C(/O[Si](C(C)C)(C(C)C)C(C)C)C(C)CN. The van der Waals surface area contributed by atoms with Crippen LogP contribution in [0.15, 0.2) is 11.8 Å². The lowest BCUT2D eigenvalue weighted by Crippen LogP contribution is -2.48. The van der Waals surface area contributed by atoms with Crippen molar-refractivity contribution in [2.45, 2.75) is 72.0 Å². The van der Waals surface area contributed by atoms with E-state index in [-0.39, 0.29) is 0 Å². The van der Waals surface area contributed by atoms with Gasteiger partial charge in [-0.25, -0.2) is 0 Å². The zero-order valence-corrected chi connectivity index (χ0v) is 14.6. The first-order valence-electron chi connectivity index (χ1n) is 7.29. The van der Waals surface area contributed by atoms with Crippen molar-refractivity contribution in [2.24, 2.45) is 11.7 Å². The Labute approximate surface area is 115 Å². The lowest BCUT2D eigenvalue weighted by molar-refractivity contribution is 0.320. The van der Waals surface area contributed by atoms with Crippen molar-refractivity contribution in [1.82, 2.24) is 0 Å². The minimum absolute atomic E-state index is 0.318. The van der Waals surface area contributed by atoms with Gasteiger partial charge in [0.1, 0.15) is 0 Å². The Morgan fingerprint density at radius 1 is 1.00 bits per heavy atom. The molecule has 0 rings (SSSR count). The van der Waals surface area contributed by atoms with Gasteiger partial charge in [0.05, 0.1) is 5.76 Å². The van der Waals surface area contributed by atoms with Crippen LogP contribution in [-0.4, -0.2) is 14.9 Å². The summed E-state index contributed by atoms with van der Waals surface area (Å²) in [5.41, 5.74) is 7.62. The molecule has 0 saturated heterocycles. The molecule has 0 heterocycles. The van der Waals surface area contributed by atoms with Gasteiger partial charge in [-0.3, -0.25) is 0 Å². The maximum atomic E-state index is 6.64. The van der Waals surface area contributed by atoms with Crippen LogP contribution in [0.2, 0.25) is 16.6 Å². The van der Waals surface area contributed by atoms with Crippen LogP contribution in [0.3, 0.4) is 0 Å². The lowest BCUT2D eigenvalue weighted by Gasteiger charge is -2.43. The summed E-state index contributed by atoms with van der Waals surface area (Å²) in [7, 11) is -1.81. The van der Waals surface area contributed by atoms with E-state index >= 15 is 0 Å². The van der Waals surface area contributed by atoms with E-state index in [2.05, 4.69) is 61.5 Å². The molecular formula is C15H33NOSi. The van der Waals surface area contributed by atoms with Crippen molar-refractivity contribution in [1.29, 1.82) is 0 Å². The van der Waals surface area contributed by atoms with Gasteiger partial charge in [0.15, 0.2) is 0 Å². The number of nitrogens with two attached hydrogens (primary N) is 1. The number of allylic oxidation sites excluding steroid dienone is 1. The number of hydrogen-bond donors (Lipinski definition) is 1. The monoisotopic (exact) mass is 271 g/mol. The van der Waals surface area contributed by atoms with Crippen molar-refractivity contribution < 1.29 is 4.43 Å². The molecule has 108 valence electrons. The summed E-state index contributed by atoms with van der Waals surface area (Å²) in [6, 6.07) is 0. The summed E-state index contributed by atoms with van der Waals surface area (Å²) < 4.78 is 6.64. The molecule has 2 nitrogen and oxygen atoms in total. The van der Waals surface area contributed by atoms with Crippen LogP contribution in [0.5, 0.6) is 0 Å². The third kappa shape index (κ3) is 3.61. The number of hydrogen-bond acceptors (Lipinski definition) is 2. The van der Waals surface area contributed by atoms with Crippen LogP contribution in [0.25, 0.3) is 0 Å². The predicted octanol–water partition coefficient (Wildman–Crippen LogP) is 4.68. The Morgan fingerprint density at radius 3 is 1.61 bits per heavy atom. The Balaban J connectivity index is 5.35. The lowest BCUT2D eigenvalue weighted by atomic mass is 10.1. The average Bonchev–Trinajstić information content (AvgIpc) is 2.28. The summed E-state index contributed by atoms with van der Waals surface area (Å²) in [6.07, 6.45) is 2.10. The first-order chi connectivity index (χ1) is 8.23. The first kappa shape index (κ1) is 17.7. The molecule has 1 unspecified atom stereocenters. The Morgan fingerprint density at radius 2 is 1.39 bits per heavy atom. The third-order valence-corrected chi connectivity index (χ3v) is 10.1. The fourth-order valence-electron chi connectivity index (χ4n) is 3.12. The predicted molar refractivity (Wildman–Crippen MR) is 84.1 cm³/mol. The van der Waals surface area contributed by atoms with Gasteiger partial charge in [-0.15, -0.1) is 0 Å². The van der Waals surface area contributed by atoms with E-state index in [0.29, 0.717) is 29.1 Å². The summed E-state index contributed by atoms with van der Waals surface area (Å²) in [5.74, 6) is 1.42. The quantitative estimate of drug-likeness (QED) is 0.539. The van der Waals surface area contributed by atoms with Crippen molar-refractivity contribution in [3.63, 3.8) is 0 Å². The second-order valence-electron chi connectivity index (χ2n) is 6.25. The highest BCUT2D eigenvalue weighted by atomic mass is 28.4. The topological polar surface area (TPSA) is 35.2 Å². The second kappa shape index (κ2) is 7.34. The summed E-state index contributed by atoms with van der Waals surface area (Å²) in [6.45, 7) is 18.7. The fraction of sp³-hybridized carbons (Fsp3) is 0.867. The Hall–Kier alpha value is -0.283. The largest absolute Gasteiger partial charge is 0.546 e. The van der Waals surface area contributed by atoms with E-state index in [9.17, 15) is 0 Å². The normalized spacial score (nSPS) is 15.7.